The first kappa shape index (κ1) is 19.0. The van der Waals surface area contributed by atoms with E-state index >= 15 is 0 Å². The van der Waals surface area contributed by atoms with Crippen LogP contribution in [0.2, 0.25) is 0 Å². The molecule has 0 saturated carbocycles. The van der Waals surface area contributed by atoms with E-state index in [-0.39, 0.29) is 24.1 Å². The average Bonchev–Trinajstić information content (AvgIpc) is 2.66. The molecule has 5 heteroatoms. The smallest absolute Gasteiger partial charge is 0.265 e. The van der Waals surface area contributed by atoms with Gasteiger partial charge in [-0.2, -0.15) is 5.26 Å². The van der Waals surface area contributed by atoms with Crippen molar-refractivity contribution in [3.8, 4) is 6.07 Å². The molecule has 0 aliphatic carbocycles. The van der Waals surface area contributed by atoms with E-state index in [9.17, 15) is 15.2 Å². The normalized spacial score (nSPS) is 17.0. The molecule has 0 spiro atoms. The van der Waals surface area contributed by atoms with E-state index in [2.05, 4.69) is 29.6 Å². The highest BCUT2D eigenvalue weighted by molar-refractivity contribution is 5.97. The molecule has 2 rings (SSSR count). The zero-order valence-corrected chi connectivity index (χ0v) is 14.8. The maximum atomic E-state index is 12.5. The molecule has 0 aromatic heterocycles. The Morgan fingerprint density at radius 2 is 2.08 bits per heavy atom. The van der Waals surface area contributed by atoms with Gasteiger partial charge in [0.15, 0.2) is 0 Å². The van der Waals surface area contributed by atoms with Crippen molar-refractivity contribution in [3.63, 3.8) is 0 Å². The predicted molar refractivity (Wildman–Crippen MR) is 97.4 cm³/mol. The maximum absolute atomic E-state index is 12.5. The number of aliphatic hydroxyl groups excluding tert-OH is 1. The van der Waals surface area contributed by atoms with Crippen LogP contribution in [0.4, 0.5) is 0 Å². The fourth-order valence-electron chi connectivity index (χ4n) is 3.10. The van der Waals surface area contributed by atoms with Crippen molar-refractivity contribution in [2.75, 3.05) is 19.7 Å². The van der Waals surface area contributed by atoms with Crippen molar-refractivity contribution in [1.29, 1.82) is 5.26 Å². The number of carbonyl (C=O) groups is 1. The van der Waals surface area contributed by atoms with Crippen LogP contribution in [0.1, 0.15) is 31.7 Å². The molecule has 1 amide bonds. The highest BCUT2D eigenvalue weighted by Gasteiger charge is 2.25. The summed E-state index contributed by atoms with van der Waals surface area (Å²) < 4.78 is 0. The van der Waals surface area contributed by atoms with Crippen LogP contribution in [0.3, 0.4) is 0 Å². The molecule has 1 aromatic rings. The van der Waals surface area contributed by atoms with Gasteiger partial charge in [0.25, 0.3) is 5.91 Å². The summed E-state index contributed by atoms with van der Waals surface area (Å²) in [6.45, 7) is 3.29. The summed E-state index contributed by atoms with van der Waals surface area (Å²) in [6, 6.07) is 12.3. The number of likely N-dealkylation sites (tertiary alicyclic amines) is 1. The number of nitriles is 1. The molecule has 5 nitrogen and oxygen atoms in total. The van der Waals surface area contributed by atoms with Crippen molar-refractivity contribution in [2.24, 2.45) is 5.92 Å². The van der Waals surface area contributed by atoms with Gasteiger partial charge >= 0.3 is 0 Å². The van der Waals surface area contributed by atoms with Gasteiger partial charge in [-0.1, -0.05) is 37.3 Å². The van der Waals surface area contributed by atoms with Crippen molar-refractivity contribution < 1.29 is 9.90 Å². The van der Waals surface area contributed by atoms with Gasteiger partial charge in [0.2, 0.25) is 0 Å². The molecule has 1 unspecified atom stereocenters. The molecule has 0 bridgehead atoms. The van der Waals surface area contributed by atoms with Crippen molar-refractivity contribution in [2.45, 2.75) is 38.6 Å². The summed E-state index contributed by atoms with van der Waals surface area (Å²) in [6.07, 6.45) is 5.13. The van der Waals surface area contributed by atoms with Gasteiger partial charge in [-0.25, -0.2) is 0 Å². The van der Waals surface area contributed by atoms with Crippen LogP contribution in [-0.2, 0) is 11.2 Å². The van der Waals surface area contributed by atoms with Crippen molar-refractivity contribution in [1.82, 2.24) is 10.2 Å². The highest BCUT2D eigenvalue weighted by Crippen LogP contribution is 2.22. The monoisotopic (exact) mass is 341 g/mol. The minimum absolute atomic E-state index is 0.0230. The van der Waals surface area contributed by atoms with Crippen LogP contribution in [0.15, 0.2) is 42.1 Å². The predicted octanol–water partition coefficient (Wildman–Crippen LogP) is 2.24. The Hall–Kier alpha value is -2.32. The molecule has 25 heavy (non-hydrogen) atoms. The highest BCUT2D eigenvalue weighted by atomic mass is 16.3. The Kier molecular flexibility index (Phi) is 7.49. The zero-order valence-electron chi connectivity index (χ0n) is 14.8. The first-order chi connectivity index (χ1) is 12.2. The van der Waals surface area contributed by atoms with Crippen LogP contribution in [0.25, 0.3) is 0 Å². The lowest BCUT2D eigenvalue weighted by molar-refractivity contribution is -0.128. The molecule has 1 saturated heterocycles. The molecule has 1 atom stereocenters. The van der Waals surface area contributed by atoms with Crippen LogP contribution < -0.4 is 5.32 Å². The van der Waals surface area contributed by atoms with Crippen LogP contribution >= 0.6 is 0 Å². The van der Waals surface area contributed by atoms with Crippen LogP contribution in [0, 0.1) is 17.2 Å². The lowest BCUT2D eigenvalue weighted by Crippen LogP contribution is -2.40. The third kappa shape index (κ3) is 5.61. The lowest BCUT2D eigenvalue weighted by Gasteiger charge is -2.32. The molecular weight excluding hydrogens is 314 g/mol. The number of hydrogen-bond acceptors (Lipinski definition) is 4. The average molecular weight is 341 g/mol. The fourth-order valence-corrected chi connectivity index (χ4v) is 3.10. The summed E-state index contributed by atoms with van der Waals surface area (Å²) in [5.41, 5.74) is 1.44. The number of benzene rings is 1. The Morgan fingerprint density at radius 3 is 2.64 bits per heavy atom. The van der Waals surface area contributed by atoms with Gasteiger partial charge in [-0.05, 0) is 37.2 Å². The van der Waals surface area contributed by atoms with E-state index in [1.165, 1.54) is 11.8 Å². The van der Waals surface area contributed by atoms with Gasteiger partial charge in [-0.15, -0.1) is 0 Å². The molecule has 134 valence electrons. The van der Waals surface area contributed by atoms with E-state index in [4.69, 9.17) is 0 Å². The molecule has 1 aliphatic rings. The minimum Gasteiger partial charge on any atom is -0.394 e. The standard InChI is InChI=1S/C20H27N3O2/c1-2-19(15-24)22-14-18(13-21)20(25)23-10-8-17(9-11-23)12-16-6-4-3-5-7-16/h3-7,14,17,19,22,24H,2,8-12,15H2,1H3/b18-14-. The van der Waals surface area contributed by atoms with Gasteiger partial charge in [-0.3, -0.25) is 4.79 Å². The molecule has 0 radical (unpaired) electrons. The molecular formula is C20H27N3O2. The van der Waals surface area contributed by atoms with Crippen LogP contribution in [0.5, 0.6) is 0 Å². The number of piperidine rings is 1. The summed E-state index contributed by atoms with van der Waals surface area (Å²) >= 11 is 0. The van der Waals surface area contributed by atoms with Gasteiger partial charge in [0, 0.05) is 25.3 Å². The van der Waals surface area contributed by atoms with Gasteiger partial charge < -0.3 is 15.3 Å². The van der Waals surface area contributed by atoms with E-state index in [0.29, 0.717) is 19.0 Å². The molecule has 1 fully saturated rings. The maximum Gasteiger partial charge on any atom is 0.265 e. The van der Waals surface area contributed by atoms with E-state index in [1.807, 2.05) is 19.1 Å². The first-order valence-corrected chi connectivity index (χ1v) is 8.98. The van der Waals surface area contributed by atoms with E-state index < -0.39 is 0 Å². The SMILES string of the molecule is CCC(CO)N/C=C(/C#N)C(=O)N1CCC(Cc2ccccc2)CC1. The largest absolute Gasteiger partial charge is 0.394 e. The number of hydrogen-bond donors (Lipinski definition) is 2. The Labute approximate surface area is 150 Å². The number of carbonyl (C=O) groups excluding carboxylic acids is 1. The second kappa shape index (κ2) is 9.85. The number of rotatable bonds is 7. The summed E-state index contributed by atoms with van der Waals surface area (Å²) in [4.78, 5) is 14.3. The summed E-state index contributed by atoms with van der Waals surface area (Å²) in [7, 11) is 0. The second-order valence-corrected chi connectivity index (χ2v) is 6.55. The molecule has 2 N–H and O–H groups in total. The third-order valence-corrected chi connectivity index (χ3v) is 4.80. The Balaban J connectivity index is 1.87. The number of aliphatic hydroxyl groups is 1. The van der Waals surface area contributed by atoms with Gasteiger partial charge in [0.05, 0.1) is 6.61 Å². The first-order valence-electron chi connectivity index (χ1n) is 8.98. The minimum atomic E-state index is -0.221. The number of nitrogens with zero attached hydrogens (tertiary/aromatic N) is 2. The molecule has 1 aromatic carbocycles. The topological polar surface area (TPSA) is 76.4 Å². The third-order valence-electron chi connectivity index (χ3n) is 4.80. The Morgan fingerprint density at radius 1 is 1.40 bits per heavy atom. The van der Waals surface area contributed by atoms with Gasteiger partial charge in [0.1, 0.15) is 11.6 Å². The van der Waals surface area contributed by atoms with Crippen LogP contribution in [-0.4, -0.2) is 41.7 Å². The summed E-state index contributed by atoms with van der Waals surface area (Å²) in [5.74, 6) is 0.360. The fraction of sp³-hybridized carbons (Fsp3) is 0.500. The quantitative estimate of drug-likeness (QED) is 0.589. The second-order valence-electron chi connectivity index (χ2n) is 6.55. The number of nitrogens with one attached hydrogen (secondary N) is 1. The van der Waals surface area contributed by atoms with E-state index in [1.54, 1.807) is 4.90 Å². The van der Waals surface area contributed by atoms with Crippen molar-refractivity contribution in [3.05, 3.63) is 47.7 Å². The lowest BCUT2D eigenvalue weighted by atomic mass is 9.90. The van der Waals surface area contributed by atoms with E-state index in [0.717, 1.165) is 25.7 Å². The Bertz CT molecular complexity index is 610. The zero-order chi connectivity index (χ0) is 18.1. The molecule has 1 heterocycles. The molecule has 1 aliphatic heterocycles. The summed E-state index contributed by atoms with van der Waals surface area (Å²) in [5, 5.41) is 21.4. The number of amides is 1. The van der Waals surface area contributed by atoms with Crippen molar-refractivity contribution >= 4 is 5.91 Å².